The minimum Gasteiger partial charge on any atom is -0.324 e. The van der Waals surface area contributed by atoms with Gasteiger partial charge >= 0.3 is 0 Å². The Morgan fingerprint density at radius 2 is 1.45 bits per heavy atom. The third-order valence-electron chi connectivity index (χ3n) is 2.82. The number of carbonyl (C=O) groups is 1. The Kier molecular flexibility index (Phi) is 4.99. The number of fused-ring (bicyclic) bond motifs is 1. The predicted molar refractivity (Wildman–Crippen MR) is 94.8 cm³/mol. The number of hydrogen-bond donors (Lipinski definition) is 1. The van der Waals surface area contributed by atoms with Crippen LogP contribution in [-0.2, 0) is 9.36 Å². The molecule has 0 bridgehead atoms. The molecule has 4 heteroatoms. The largest absolute Gasteiger partial charge is 0.324 e. The van der Waals surface area contributed by atoms with E-state index in [2.05, 4.69) is 5.32 Å². The molecule has 0 saturated carbocycles. The van der Waals surface area contributed by atoms with Crippen LogP contribution < -0.4 is 5.32 Å². The first-order valence-corrected chi connectivity index (χ1v) is 10.1. The number of hydrogen-bond acceptors (Lipinski definition) is 2. The van der Waals surface area contributed by atoms with E-state index in [9.17, 15) is 9.36 Å². The summed E-state index contributed by atoms with van der Waals surface area (Å²) < 4.78 is 10.2. The molecule has 0 atom stereocenters. The maximum atomic E-state index is 11.9. The third kappa shape index (κ3) is 4.71. The lowest BCUT2D eigenvalue weighted by Crippen LogP contribution is -2.03. The normalized spacial score (nSPS) is 14.9. The Hall–Kier alpha value is -2.12. The Balaban J connectivity index is 0.000000309. The van der Waals surface area contributed by atoms with Crippen molar-refractivity contribution in [1.29, 1.82) is 0 Å². The van der Waals surface area contributed by atoms with Gasteiger partial charge in [-0.1, -0.05) is 48.5 Å². The third-order valence-corrected chi connectivity index (χ3v) is 2.82. The van der Waals surface area contributed by atoms with Crippen LogP contribution in [0.1, 0.15) is 11.1 Å². The fraction of sp³-hybridized carbons (Fsp3) is 0.167. The van der Waals surface area contributed by atoms with Gasteiger partial charge in [-0.05, 0) is 37.7 Å². The van der Waals surface area contributed by atoms with E-state index in [4.69, 9.17) is 0 Å². The highest BCUT2D eigenvalue weighted by Gasteiger charge is 2.22. The number of amides is 1. The van der Waals surface area contributed by atoms with Gasteiger partial charge in [-0.2, -0.15) is 0 Å². The molecule has 1 heterocycles. The highest BCUT2D eigenvalue weighted by Crippen LogP contribution is 2.32. The second-order valence-corrected chi connectivity index (χ2v) is 9.64. The smallest absolute Gasteiger partial charge is 0.256 e. The zero-order valence-electron chi connectivity index (χ0n) is 13.0. The molecule has 0 radical (unpaired) electrons. The predicted octanol–water partition coefficient (Wildman–Crippen LogP) is 4.42. The van der Waals surface area contributed by atoms with Gasteiger partial charge in [0.1, 0.15) is 0 Å². The van der Waals surface area contributed by atoms with E-state index in [1.165, 1.54) is 0 Å². The SMILES string of the molecule is CP(C)(C)=O.O=C1Nc2ccccc2C1=Cc1ccccc1. The van der Waals surface area contributed by atoms with Crippen molar-refractivity contribution in [3.05, 3.63) is 65.7 Å². The van der Waals surface area contributed by atoms with Crippen LogP contribution in [-0.4, -0.2) is 25.9 Å². The molecule has 0 spiro atoms. The molecule has 1 aliphatic rings. The molecular formula is C18H20NO2P. The first-order chi connectivity index (χ1) is 10.3. The first-order valence-electron chi connectivity index (χ1n) is 7.04. The number of anilines is 1. The summed E-state index contributed by atoms with van der Waals surface area (Å²) in [6, 6.07) is 17.6. The summed E-state index contributed by atoms with van der Waals surface area (Å²) in [5.41, 5.74) is 3.63. The maximum absolute atomic E-state index is 11.9. The lowest BCUT2D eigenvalue weighted by molar-refractivity contribution is -0.110. The molecule has 0 fully saturated rings. The van der Waals surface area contributed by atoms with Crippen LogP contribution >= 0.6 is 7.14 Å². The van der Waals surface area contributed by atoms with E-state index < -0.39 is 7.14 Å². The van der Waals surface area contributed by atoms with Gasteiger partial charge < -0.3 is 9.88 Å². The topological polar surface area (TPSA) is 46.2 Å². The second kappa shape index (κ2) is 6.76. The summed E-state index contributed by atoms with van der Waals surface area (Å²) in [6.45, 7) is 5.23. The molecule has 2 aromatic carbocycles. The number of para-hydroxylation sites is 1. The molecule has 1 aliphatic heterocycles. The Bertz CT molecular complexity index is 736. The van der Waals surface area contributed by atoms with Crippen LogP contribution in [0.5, 0.6) is 0 Å². The number of benzene rings is 2. The fourth-order valence-electron chi connectivity index (χ4n) is 2.00. The maximum Gasteiger partial charge on any atom is 0.256 e. The van der Waals surface area contributed by atoms with E-state index in [1.54, 1.807) is 20.0 Å². The molecule has 3 nitrogen and oxygen atoms in total. The molecule has 0 unspecified atom stereocenters. The van der Waals surface area contributed by atoms with Crippen molar-refractivity contribution in [2.45, 2.75) is 0 Å². The standard InChI is InChI=1S/C15H11NO.C3H9OP/c17-15-13(10-11-6-2-1-3-7-11)12-8-4-5-9-14(12)16-15;1-5(2,3)4/h1-10H,(H,16,17);1-3H3. The Labute approximate surface area is 131 Å². The van der Waals surface area contributed by atoms with E-state index in [0.29, 0.717) is 0 Å². The second-order valence-electron chi connectivity index (χ2n) is 5.86. The number of carbonyl (C=O) groups excluding carboxylic acids is 1. The van der Waals surface area contributed by atoms with Crippen LogP contribution in [0.2, 0.25) is 0 Å². The molecule has 2 aromatic rings. The van der Waals surface area contributed by atoms with Gasteiger partial charge in [0.2, 0.25) is 0 Å². The molecule has 0 saturated heterocycles. The minimum atomic E-state index is -1.64. The van der Waals surface area contributed by atoms with Crippen molar-refractivity contribution < 1.29 is 9.36 Å². The van der Waals surface area contributed by atoms with Crippen LogP contribution in [0, 0.1) is 0 Å². The van der Waals surface area contributed by atoms with Crippen molar-refractivity contribution in [1.82, 2.24) is 0 Å². The van der Waals surface area contributed by atoms with Crippen molar-refractivity contribution >= 4 is 30.4 Å². The highest BCUT2D eigenvalue weighted by atomic mass is 31.2. The van der Waals surface area contributed by atoms with Gasteiger partial charge in [0.15, 0.2) is 0 Å². The van der Waals surface area contributed by atoms with Gasteiger partial charge in [0.25, 0.3) is 5.91 Å². The molecule has 0 aliphatic carbocycles. The Morgan fingerprint density at radius 1 is 0.909 bits per heavy atom. The van der Waals surface area contributed by atoms with Gasteiger partial charge in [0.05, 0.1) is 7.14 Å². The zero-order chi connectivity index (χ0) is 16.2. The average molecular weight is 313 g/mol. The van der Waals surface area contributed by atoms with Crippen LogP contribution in [0.15, 0.2) is 54.6 Å². The van der Waals surface area contributed by atoms with Gasteiger partial charge in [-0.15, -0.1) is 0 Å². The van der Waals surface area contributed by atoms with Gasteiger partial charge in [-0.25, -0.2) is 0 Å². The minimum absolute atomic E-state index is 0.0324. The van der Waals surface area contributed by atoms with Gasteiger partial charge in [-0.3, -0.25) is 4.79 Å². The van der Waals surface area contributed by atoms with Crippen molar-refractivity contribution in [2.75, 3.05) is 25.3 Å². The molecule has 1 N–H and O–H groups in total. The summed E-state index contributed by atoms with van der Waals surface area (Å²) in [5.74, 6) is -0.0324. The lowest BCUT2D eigenvalue weighted by atomic mass is 10.0. The zero-order valence-corrected chi connectivity index (χ0v) is 13.9. The van der Waals surface area contributed by atoms with Crippen LogP contribution in [0.25, 0.3) is 11.6 Å². The fourth-order valence-corrected chi connectivity index (χ4v) is 2.00. The van der Waals surface area contributed by atoms with E-state index >= 15 is 0 Å². The van der Waals surface area contributed by atoms with E-state index in [-0.39, 0.29) is 5.91 Å². The van der Waals surface area contributed by atoms with Crippen molar-refractivity contribution in [3.8, 4) is 0 Å². The lowest BCUT2D eigenvalue weighted by Gasteiger charge is -1.97. The van der Waals surface area contributed by atoms with E-state index in [1.807, 2.05) is 60.7 Å². The number of nitrogens with one attached hydrogen (secondary N) is 1. The van der Waals surface area contributed by atoms with Crippen LogP contribution in [0.4, 0.5) is 5.69 Å². The molecular weight excluding hydrogens is 293 g/mol. The quantitative estimate of drug-likeness (QED) is 0.626. The summed E-state index contributed by atoms with van der Waals surface area (Å²) in [4.78, 5) is 11.9. The van der Waals surface area contributed by atoms with Crippen molar-refractivity contribution in [2.24, 2.45) is 0 Å². The molecule has 114 valence electrons. The highest BCUT2D eigenvalue weighted by molar-refractivity contribution is 7.61. The van der Waals surface area contributed by atoms with Crippen molar-refractivity contribution in [3.63, 3.8) is 0 Å². The number of rotatable bonds is 1. The van der Waals surface area contributed by atoms with Gasteiger partial charge in [0, 0.05) is 16.8 Å². The average Bonchev–Trinajstić information content (AvgIpc) is 2.75. The first kappa shape index (κ1) is 16.3. The molecule has 22 heavy (non-hydrogen) atoms. The van der Waals surface area contributed by atoms with E-state index in [0.717, 1.165) is 22.4 Å². The monoisotopic (exact) mass is 313 g/mol. The molecule has 0 aromatic heterocycles. The Morgan fingerprint density at radius 3 is 2.09 bits per heavy atom. The van der Waals surface area contributed by atoms with Crippen LogP contribution in [0.3, 0.4) is 0 Å². The summed E-state index contributed by atoms with van der Waals surface area (Å²) in [5, 5.41) is 2.86. The molecule has 1 amide bonds. The molecule has 3 rings (SSSR count). The summed E-state index contributed by atoms with van der Waals surface area (Å²) in [7, 11) is -1.64. The summed E-state index contributed by atoms with van der Waals surface area (Å²) in [6.07, 6.45) is 1.92. The summed E-state index contributed by atoms with van der Waals surface area (Å²) >= 11 is 0.